The van der Waals surface area contributed by atoms with Crippen LogP contribution in [0.25, 0.3) is 0 Å². The number of methoxy groups -OCH3 is 1. The zero-order valence-electron chi connectivity index (χ0n) is 11.0. The van der Waals surface area contributed by atoms with E-state index in [0.717, 1.165) is 6.42 Å². The molecule has 1 aliphatic heterocycles. The number of hydrogen-bond acceptors (Lipinski definition) is 3. The van der Waals surface area contributed by atoms with Gasteiger partial charge < -0.3 is 15.0 Å². The molecule has 1 fully saturated rings. The molecular weight excluding hydrogens is 220 g/mol. The number of nitrogens with zero attached hydrogens (tertiary/aromatic N) is 1. The fourth-order valence-electron chi connectivity index (χ4n) is 1.89. The van der Waals surface area contributed by atoms with E-state index in [9.17, 15) is 9.59 Å². The van der Waals surface area contributed by atoms with Gasteiger partial charge in [0.2, 0.25) is 11.8 Å². The molecule has 1 heterocycles. The molecule has 0 spiro atoms. The summed E-state index contributed by atoms with van der Waals surface area (Å²) < 4.78 is 5.13. The van der Waals surface area contributed by atoms with Gasteiger partial charge >= 0.3 is 0 Å². The van der Waals surface area contributed by atoms with E-state index in [1.807, 2.05) is 20.8 Å². The lowest BCUT2D eigenvalue weighted by atomic mass is 9.96. The van der Waals surface area contributed by atoms with Crippen LogP contribution in [0.2, 0.25) is 0 Å². The van der Waals surface area contributed by atoms with E-state index < -0.39 is 0 Å². The lowest BCUT2D eigenvalue weighted by Gasteiger charge is -2.36. The Hall–Kier alpha value is -1.10. The molecule has 5 nitrogen and oxygen atoms in total. The van der Waals surface area contributed by atoms with Crippen molar-refractivity contribution in [2.24, 2.45) is 5.92 Å². The first kappa shape index (κ1) is 14.0. The monoisotopic (exact) mass is 242 g/mol. The lowest BCUT2D eigenvalue weighted by Crippen LogP contribution is -2.61. The van der Waals surface area contributed by atoms with Crippen molar-refractivity contribution in [1.29, 1.82) is 0 Å². The van der Waals surface area contributed by atoms with Crippen molar-refractivity contribution in [1.82, 2.24) is 10.2 Å². The number of carbonyl (C=O) groups excluding carboxylic acids is 2. The minimum absolute atomic E-state index is 0.00264. The molecule has 98 valence electrons. The van der Waals surface area contributed by atoms with Crippen LogP contribution in [0.1, 0.15) is 27.2 Å². The summed E-state index contributed by atoms with van der Waals surface area (Å²) in [6, 6.07) is -0.384. The molecule has 0 aliphatic carbocycles. The highest BCUT2D eigenvalue weighted by Gasteiger charge is 2.35. The predicted octanol–water partition coefficient (Wildman–Crippen LogP) is 0.394. The molecule has 0 aromatic rings. The molecule has 0 radical (unpaired) electrons. The highest BCUT2D eigenvalue weighted by molar-refractivity contribution is 5.95. The first-order chi connectivity index (χ1) is 7.99. The van der Waals surface area contributed by atoms with Gasteiger partial charge in [-0.15, -0.1) is 0 Å². The Bertz CT molecular complexity index is 293. The van der Waals surface area contributed by atoms with Gasteiger partial charge in [0.15, 0.2) is 0 Å². The molecule has 0 saturated carbocycles. The maximum Gasteiger partial charge on any atom is 0.245 e. The second-order valence-corrected chi connectivity index (χ2v) is 4.70. The number of hydrogen-bond donors (Lipinski definition) is 1. The largest absolute Gasteiger partial charge is 0.380 e. The van der Waals surface area contributed by atoms with E-state index in [-0.39, 0.29) is 36.4 Å². The van der Waals surface area contributed by atoms with Gasteiger partial charge in [0.25, 0.3) is 0 Å². The van der Waals surface area contributed by atoms with Crippen molar-refractivity contribution >= 4 is 11.8 Å². The third kappa shape index (κ3) is 3.43. The number of rotatable bonds is 5. The minimum atomic E-state index is -0.384. The van der Waals surface area contributed by atoms with Crippen LogP contribution in [0.15, 0.2) is 0 Å². The second kappa shape index (κ2) is 6.00. The first-order valence-corrected chi connectivity index (χ1v) is 6.10. The van der Waals surface area contributed by atoms with Gasteiger partial charge in [-0.3, -0.25) is 9.59 Å². The number of nitrogens with one attached hydrogen (secondary N) is 1. The third-order valence-corrected chi connectivity index (χ3v) is 3.32. The van der Waals surface area contributed by atoms with E-state index in [0.29, 0.717) is 6.54 Å². The van der Waals surface area contributed by atoms with Crippen molar-refractivity contribution in [3.8, 4) is 0 Å². The Kier molecular flexibility index (Phi) is 4.93. The Morgan fingerprint density at radius 1 is 1.47 bits per heavy atom. The smallest absolute Gasteiger partial charge is 0.245 e. The normalized spacial score (nSPS) is 24.5. The quantitative estimate of drug-likeness (QED) is 0.759. The Morgan fingerprint density at radius 2 is 2.12 bits per heavy atom. The zero-order valence-corrected chi connectivity index (χ0v) is 11.0. The molecule has 2 amide bonds. The van der Waals surface area contributed by atoms with Crippen LogP contribution < -0.4 is 5.32 Å². The molecule has 1 saturated heterocycles. The second-order valence-electron chi connectivity index (χ2n) is 4.70. The summed E-state index contributed by atoms with van der Waals surface area (Å²) >= 11 is 0. The van der Waals surface area contributed by atoms with Crippen LogP contribution in [0.4, 0.5) is 0 Å². The molecule has 3 atom stereocenters. The summed E-state index contributed by atoms with van der Waals surface area (Å²) in [5.74, 6) is 0.0770. The third-order valence-electron chi connectivity index (χ3n) is 3.32. The first-order valence-electron chi connectivity index (χ1n) is 6.10. The van der Waals surface area contributed by atoms with Crippen LogP contribution in [-0.2, 0) is 14.3 Å². The van der Waals surface area contributed by atoms with Crippen molar-refractivity contribution < 1.29 is 14.3 Å². The molecule has 17 heavy (non-hydrogen) atoms. The van der Waals surface area contributed by atoms with Gasteiger partial charge in [0.05, 0.1) is 12.6 Å². The van der Waals surface area contributed by atoms with E-state index in [1.54, 1.807) is 12.0 Å². The van der Waals surface area contributed by atoms with Gasteiger partial charge in [-0.1, -0.05) is 20.3 Å². The average molecular weight is 242 g/mol. The van der Waals surface area contributed by atoms with Gasteiger partial charge in [-0.05, 0) is 12.8 Å². The van der Waals surface area contributed by atoms with E-state index >= 15 is 0 Å². The number of carbonyl (C=O) groups is 2. The Labute approximate surface area is 102 Å². The van der Waals surface area contributed by atoms with Gasteiger partial charge in [-0.25, -0.2) is 0 Å². The van der Waals surface area contributed by atoms with Gasteiger partial charge in [-0.2, -0.15) is 0 Å². The zero-order chi connectivity index (χ0) is 13.0. The molecule has 0 bridgehead atoms. The highest BCUT2D eigenvalue weighted by atomic mass is 16.5. The van der Waals surface area contributed by atoms with Crippen molar-refractivity contribution in [3.05, 3.63) is 0 Å². The van der Waals surface area contributed by atoms with Gasteiger partial charge in [0, 0.05) is 13.7 Å². The molecule has 1 N–H and O–H groups in total. The van der Waals surface area contributed by atoms with Crippen LogP contribution in [0.3, 0.4) is 0 Å². The maximum absolute atomic E-state index is 12.2. The molecule has 3 unspecified atom stereocenters. The lowest BCUT2D eigenvalue weighted by molar-refractivity contribution is -0.147. The van der Waals surface area contributed by atoms with E-state index in [2.05, 4.69) is 5.32 Å². The van der Waals surface area contributed by atoms with Crippen molar-refractivity contribution in [2.75, 3.05) is 20.2 Å². The van der Waals surface area contributed by atoms with Crippen molar-refractivity contribution in [3.63, 3.8) is 0 Å². The molecule has 5 heteroatoms. The standard InChI is InChI=1S/C12H22N2O3/c1-5-8(2)11-12(16)14(6-9(3)17-4)7-10(15)13-11/h8-9,11H,5-7H2,1-4H3,(H,13,15). The summed E-state index contributed by atoms with van der Waals surface area (Å²) in [5, 5.41) is 2.77. The summed E-state index contributed by atoms with van der Waals surface area (Å²) in [6.45, 7) is 6.49. The molecule has 1 rings (SSSR count). The summed E-state index contributed by atoms with van der Waals surface area (Å²) in [4.78, 5) is 25.3. The average Bonchev–Trinajstić information content (AvgIpc) is 2.32. The molecule has 1 aliphatic rings. The van der Waals surface area contributed by atoms with E-state index in [1.165, 1.54) is 0 Å². The Balaban J connectivity index is 2.71. The fourth-order valence-corrected chi connectivity index (χ4v) is 1.89. The van der Waals surface area contributed by atoms with Crippen LogP contribution in [0, 0.1) is 5.92 Å². The number of amides is 2. The maximum atomic E-state index is 12.2. The predicted molar refractivity (Wildman–Crippen MR) is 64.4 cm³/mol. The summed E-state index contributed by atoms with van der Waals surface area (Å²) in [6.07, 6.45) is 0.812. The van der Waals surface area contributed by atoms with Crippen LogP contribution in [0.5, 0.6) is 0 Å². The number of piperazine rings is 1. The topological polar surface area (TPSA) is 58.6 Å². The molecular formula is C12H22N2O3. The van der Waals surface area contributed by atoms with Crippen LogP contribution >= 0.6 is 0 Å². The fraction of sp³-hybridized carbons (Fsp3) is 0.833. The SMILES string of the molecule is CCC(C)C1NC(=O)CN(CC(C)OC)C1=O. The highest BCUT2D eigenvalue weighted by Crippen LogP contribution is 2.14. The number of ether oxygens (including phenoxy) is 1. The molecule has 0 aromatic carbocycles. The summed E-state index contributed by atoms with van der Waals surface area (Å²) in [7, 11) is 1.60. The Morgan fingerprint density at radius 3 is 2.65 bits per heavy atom. The van der Waals surface area contributed by atoms with Crippen molar-refractivity contribution in [2.45, 2.75) is 39.3 Å². The van der Waals surface area contributed by atoms with E-state index in [4.69, 9.17) is 4.74 Å². The summed E-state index contributed by atoms with van der Waals surface area (Å²) in [5.41, 5.74) is 0. The van der Waals surface area contributed by atoms with Gasteiger partial charge in [0.1, 0.15) is 6.04 Å². The minimum Gasteiger partial charge on any atom is -0.380 e. The van der Waals surface area contributed by atoms with Crippen LogP contribution in [-0.4, -0.2) is 49.1 Å². The molecule has 0 aromatic heterocycles.